The second-order valence-corrected chi connectivity index (χ2v) is 8.44. The molecule has 0 heterocycles. The summed E-state index contributed by atoms with van der Waals surface area (Å²) in [6.45, 7) is 3.39. The minimum Gasteiger partial charge on any atom is -0.480 e. The van der Waals surface area contributed by atoms with Crippen molar-refractivity contribution in [3.05, 3.63) is 35.9 Å². The van der Waals surface area contributed by atoms with E-state index in [1.54, 1.807) is 44.2 Å². The van der Waals surface area contributed by atoms with Crippen molar-refractivity contribution in [1.82, 2.24) is 9.62 Å². The number of aliphatic carboxylic acids is 1. The van der Waals surface area contributed by atoms with Gasteiger partial charge in [-0.3, -0.25) is 4.79 Å². The molecule has 2 atom stereocenters. The summed E-state index contributed by atoms with van der Waals surface area (Å²) < 4.78 is 23.8. The van der Waals surface area contributed by atoms with Crippen LogP contribution in [0.3, 0.4) is 0 Å². The number of carboxylic acids is 1. The van der Waals surface area contributed by atoms with E-state index in [4.69, 9.17) is 0 Å². The summed E-state index contributed by atoms with van der Waals surface area (Å²) in [4.78, 5) is 35.6. The maximum atomic E-state index is 12.6. The molecule has 0 bridgehead atoms. The Labute approximate surface area is 158 Å². The van der Waals surface area contributed by atoms with Gasteiger partial charge in [0, 0.05) is 6.42 Å². The smallest absolute Gasteiger partial charge is 0.421 e. The summed E-state index contributed by atoms with van der Waals surface area (Å²) in [6, 6.07) is 5.68. The summed E-state index contributed by atoms with van der Waals surface area (Å²) in [5, 5.41) is 20.9. The van der Waals surface area contributed by atoms with Crippen molar-refractivity contribution in [3.8, 4) is 0 Å². The van der Waals surface area contributed by atoms with Crippen molar-refractivity contribution in [1.29, 1.82) is 0 Å². The van der Waals surface area contributed by atoms with Gasteiger partial charge in [0.1, 0.15) is 12.1 Å². The number of carbonyl (C=O) groups is 3. The molecule has 0 aromatic heterocycles. The molecule has 0 aliphatic heterocycles. The van der Waals surface area contributed by atoms with Crippen molar-refractivity contribution in [2.45, 2.75) is 38.8 Å². The highest BCUT2D eigenvalue weighted by atomic mass is 32.2. The molecule has 0 fully saturated rings. The first-order chi connectivity index (χ1) is 12.4. The largest absolute Gasteiger partial charge is 0.480 e. The van der Waals surface area contributed by atoms with Gasteiger partial charge in [-0.1, -0.05) is 44.2 Å². The van der Waals surface area contributed by atoms with E-state index in [0.29, 0.717) is 11.8 Å². The van der Waals surface area contributed by atoms with Crippen LogP contribution in [0, 0.1) is 5.92 Å². The van der Waals surface area contributed by atoms with Crippen LogP contribution < -0.4 is 5.32 Å². The van der Waals surface area contributed by atoms with Crippen molar-refractivity contribution in [3.63, 3.8) is 0 Å². The number of carbonyl (C=O) groups excluding carboxylic acids is 1. The quantitative estimate of drug-likeness (QED) is 0.564. The van der Waals surface area contributed by atoms with Gasteiger partial charge in [0.2, 0.25) is 15.9 Å². The third-order valence-electron chi connectivity index (χ3n) is 3.72. The van der Waals surface area contributed by atoms with E-state index in [-0.39, 0.29) is 23.1 Å². The van der Waals surface area contributed by atoms with Gasteiger partial charge in [-0.2, -0.15) is 4.31 Å². The topological polar surface area (TPSA) is 141 Å². The minimum absolute atomic E-state index is 0.0255. The van der Waals surface area contributed by atoms with Crippen molar-refractivity contribution in [2.75, 3.05) is 6.26 Å². The Bertz CT molecular complexity index is 778. The zero-order valence-corrected chi connectivity index (χ0v) is 16.1. The molecule has 0 spiro atoms. The van der Waals surface area contributed by atoms with Crippen LogP contribution in [0.15, 0.2) is 30.3 Å². The number of benzene rings is 1. The molecule has 9 nitrogen and oxygen atoms in total. The summed E-state index contributed by atoms with van der Waals surface area (Å²) >= 11 is 0. The number of hydrogen-bond acceptors (Lipinski definition) is 5. The fourth-order valence-electron chi connectivity index (χ4n) is 2.58. The predicted molar refractivity (Wildman–Crippen MR) is 97.7 cm³/mol. The Balaban J connectivity index is 3.12. The number of rotatable bonds is 9. The number of nitrogens with one attached hydrogen (secondary N) is 1. The van der Waals surface area contributed by atoms with Crippen LogP contribution in [0.2, 0.25) is 0 Å². The highest BCUT2D eigenvalue weighted by molar-refractivity contribution is 7.88. The molecule has 0 aliphatic carbocycles. The van der Waals surface area contributed by atoms with Gasteiger partial charge >= 0.3 is 12.1 Å². The average molecular weight is 400 g/mol. The van der Waals surface area contributed by atoms with Crippen LogP contribution in [0.1, 0.15) is 25.8 Å². The fourth-order valence-corrected chi connectivity index (χ4v) is 3.51. The van der Waals surface area contributed by atoms with Gasteiger partial charge in [-0.05, 0) is 17.9 Å². The molecule has 150 valence electrons. The zero-order chi connectivity index (χ0) is 20.8. The first-order valence-electron chi connectivity index (χ1n) is 8.23. The van der Waals surface area contributed by atoms with E-state index in [2.05, 4.69) is 5.32 Å². The minimum atomic E-state index is -4.24. The molecule has 3 N–H and O–H groups in total. The molecule has 1 rings (SSSR count). The third kappa shape index (κ3) is 6.89. The summed E-state index contributed by atoms with van der Waals surface area (Å²) in [7, 11) is -4.24. The molecule has 0 saturated heterocycles. The van der Waals surface area contributed by atoms with Gasteiger partial charge in [-0.15, -0.1) is 0 Å². The number of nitrogens with zero attached hydrogens (tertiary/aromatic N) is 1. The molecular formula is C17H24N2O7S. The molecule has 27 heavy (non-hydrogen) atoms. The monoisotopic (exact) mass is 400 g/mol. The number of sulfonamides is 1. The van der Waals surface area contributed by atoms with Crippen molar-refractivity contribution < 1.29 is 33.0 Å². The molecule has 0 unspecified atom stereocenters. The lowest BCUT2D eigenvalue weighted by molar-refractivity contribution is -0.142. The van der Waals surface area contributed by atoms with E-state index in [1.165, 1.54) is 0 Å². The van der Waals surface area contributed by atoms with Crippen LogP contribution >= 0.6 is 0 Å². The van der Waals surface area contributed by atoms with Crippen LogP contribution in [0.25, 0.3) is 0 Å². The van der Waals surface area contributed by atoms with E-state index in [1.807, 2.05) is 0 Å². The average Bonchev–Trinajstić information content (AvgIpc) is 2.52. The predicted octanol–water partition coefficient (Wildman–Crippen LogP) is 1.15. The highest BCUT2D eigenvalue weighted by Crippen LogP contribution is 2.16. The van der Waals surface area contributed by atoms with Crippen molar-refractivity contribution >= 4 is 28.0 Å². The first-order valence-corrected chi connectivity index (χ1v) is 10.1. The Kier molecular flexibility index (Phi) is 7.77. The molecule has 0 saturated carbocycles. The maximum Gasteiger partial charge on any atom is 0.421 e. The normalized spacial score (nSPS) is 13.6. The van der Waals surface area contributed by atoms with E-state index >= 15 is 0 Å². The van der Waals surface area contributed by atoms with E-state index < -0.39 is 40.1 Å². The molecule has 1 aromatic rings. The SMILES string of the molecule is CC(C)C[C@@H](C(=O)N[C@@H](Cc1ccccc1)C(=O)O)N(C(=O)O)S(C)(=O)=O. The van der Waals surface area contributed by atoms with Gasteiger partial charge in [0.15, 0.2) is 0 Å². The standard InChI is InChI=1S/C17H24N2O7S/c1-11(2)9-14(19(17(23)24)27(3,25)26)15(20)18-13(16(21)22)10-12-7-5-4-6-8-12/h4-8,11,13-14H,9-10H2,1-3H3,(H,18,20)(H,21,22)(H,23,24)/t13-,14-/m0/s1. The number of carboxylic acid groups (broad SMARTS) is 2. The molecule has 1 aromatic carbocycles. The van der Waals surface area contributed by atoms with Crippen molar-refractivity contribution in [2.24, 2.45) is 5.92 Å². The second kappa shape index (κ2) is 9.36. The lowest BCUT2D eigenvalue weighted by Gasteiger charge is -2.28. The fraction of sp³-hybridized carbons (Fsp3) is 0.471. The van der Waals surface area contributed by atoms with E-state index in [9.17, 15) is 33.0 Å². The molecule has 0 radical (unpaired) electrons. The lowest BCUT2D eigenvalue weighted by Crippen LogP contribution is -2.55. The first kappa shape index (κ1) is 22.4. The Morgan fingerprint density at radius 1 is 1.11 bits per heavy atom. The zero-order valence-electron chi connectivity index (χ0n) is 15.3. The summed E-state index contributed by atoms with van der Waals surface area (Å²) in [5.41, 5.74) is 0.656. The van der Waals surface area contributed by atoms with Gasteiger partial charge in [0.05, 0.1) is 6.26 Å². The highest BCUT2D eigenvalue weighted by Gasteiger charge is 2.38. The molecule has 10 heteroatoms. The van der Waals surface area contributed by atoms with Gasteiger partial charge in [-0.25, -0.2) is 18.0 Å². The van der Waals surface area contributed by atoms with Crippen LogP contribution in [-0.2, 0) is 26.0 Å². The molecule has 0 aliphatic rings. The van der Waals surface area contributed by atoms with Crippen LogP contribution in [0.4, 0.5) is 4.79 Å². The third-order valence-corrected chi connectivity index (χ3v) is 4.85. The molecular weight excluding hydrogens is 376 g/mol. The molecule has 2 amide bonds. The van der Waals surface area contributed by atoms with Crippen LogP contribution in [0.5, 0.6) is 0 Å². The van der Waals surface area contributed by atoms with Gasteiger partial charge in [0.25, 0.3) is 0 Å². The Morgan fingerprint density at radius 3 is 2.07 bits per heavy atom. The summed E-state index contributed by atoms with van der Waals surface area (Å²) in [5.74, 6) is -2.49. The number of amides is 2. The Hall–Kier alpha value is -2.62. The number of hydrogen-bond donors (Lipinski definition) is 3. The maximum absolute atomic E-state index is 12.6. The Morgan fingerprint density at radius 2 is 1.67 bits per heavy atom. The van der Waals surface area contributed by atoms with Gasteiger partial charge < -0.3 is 15.5 Å². The van der Waals surface area contributed by atoms with Crippen LogP contribution in [-0.4, -0.2) is 59.2 Å². The lowest BCUT2D eigenvalue weighted by atomic mass is 10.0. The summed E-state index contributed by atoms with van der Waals surface area (Å²) in [6.07, 6.45) is -1.22. The second-order valence-electron chi connectivity index (χ2n) is 6.58. The van der Waals surface area contributed by atoms with E-state index in [0.717, 1.165) is 0 Å².